The molecule has 0 radical (unpaired) electrons. The van der Waals surface area contributed by atoms with Crippen LogP contribution in [0.25, 0.3) is 10.9 Å². The summed E-state index contributed by atoms with van der Waals surface area (Å²) in [6.45, 7) is 0.632. The number of alkyl halides is 3. The molecule has 31 heavy (non-hydrogen) atoms. The first-order chi connectivity index (χ1) is 14.8. The lowest BCUT2D eigenvalue weighted by atomic mass is 10.2. The van der Waals surface area contributed by atoms with Crippen LogP contribution in [0.15, 0.2) is 73.2 Å². The molecular formula is C22H16ClF3N4O. The minimum Gasteiger partial charge on any atom is -0.343 e. The molecule has 0 atom stereocenters. The molecule has 0 saturated heterocycles. The smallest absolute Gasteiger partial charge is 0.343 e. The molecule has 0 aliphatic carbocycles. The van der Waals surface area contributed by atoms with Gasteiger partial charge in [-0.05, 0) is 54.1 Å². The number of nitrogens with zero attached hydrogens (tertiary/aromatic N) is 2. The van der Waals surface area contributed by atoms with Gasteiger partial charge in [0.25, 0.3) is 0 Å². The maximum Gasteiger partial charge on any atom is 0.417 e. The minimum absolute atomic E-state index is 0.0170. The lowest BCUT2D eigenvalue weighted by molar-refractivity contribution is -0.137. The van der Waals surface area contributed by atoms with E-state index in [2.05, 4.69) is 15.6 Å². The van der Waals surface area contributed by atoms with Gasteiger partial charge in [0.2, 0.25) is 0 Å². The van der Waals surface area contributed by atoms with Gasteiger partial charge in [-0.1, -0.05) is 17.7 Å². The van der Waals surface area contributed by atoms with Gasteiger partial charge in [0.15, 0.2) is 0 Å². The first kappa shape index (κ1) is 20.7. The van der Waals surface area contributed by atoms with Crippen LogP contribution in [0.1, 0.15) is 11.1 Å². The number of aromatic nitrogens is 2. The van der Waals surface area contributed by atoms with Gasteiger partial charge in [0.05, 0.1) is 21.8 Å². The summed E-state index contributed by atoms with van der Waals surface area (Å²) in [6.07, 6.45) is 0.732. The van der Waals surface area contributed by atoms with Crippen LogP contribution in [0.2, 0.25) is 5.02 Å². The van der Waals surface area contributed by atoms with Crippen LogP contribution < -0.4 is 10.6 Å². The minimum atomic E-state index is -4.62. The first-order valence-corrected chi connectivity index (χ1v) is 9.60. The number of amides is 2. The van der Waals surface area contributed by atoms with Crippen molar-refractivity contribution in [2.45, 2.75) is 12.7 Å². The van der Waals surface area contributed by atoms with Crippen molar-refractivity contribution < 1.29 is 18.0 Å². The molecule has 0 saturated carbocycles. The number of pyridine rings is 1. The average Bonchev–Trinajstić information content (AvgIpc) is 3.13. The Morgan fingerprint density at radius 3 is 2.55 bits per heavy atom. The van der Waals surface area contributed by atoms with Crippen LogP contribution >= 0.6 is 11.6 Å². The van der Waals surface area contributed by atoms with E-state index in [9.17, 15) is 18.0 Å². The zero-order valence-electron chi connectivity index (χ0n) is 15.9. The van der Waals surface area contributed by atoms with Gasteiger partial charge in [-0.3, -0.25) is 4.98 Å². The second kappa shape index (κ2) is 8.31. The zero-order chi connectivity index (χ0) is 22.0. The van der Waals surface area contributed by atoms with Gasteiger partial charge < -0.3 is 15.2 Å². The van der Waals surface area contributed by atoms with Crippen molar-refractivity contribution in [2.75, 3.05) is 10.6 Å². The highest BCUT2D eigenvalue weighted by atomic mass is 35.5. The predicted octanol–water partition coefficient (Wildman–Crippen LogP) is 6.40. The molecule has 0 aliphatic rings. The van der Waals surface area contributed by atoms with E-state index in [0.29, 0.717) is 12.2 Å². The fraction of sp³-hybridized carbons (Fsp3) is 0.0909. The van der Waals surface area contributed by atoms with Crippen LogP contribution in [-0.4, -0.2) is 15.6 Å². The number of urea groups is 1. The molecule has 4 aromatic rings. The summed E-state index contributed by atoms with van der Waals surface area (Å²) >= 11 is 5.62. The Balaban J connectivity index is 1.53. The number of anilines is 2. The Kier molecular flexibility index (Phi) is 5.56. The highest BCUT2D eigenvalue weighted by Crippen LogP contribution is 2.36. The summed E-state index contributed by atoms with van der Waals surface area (Å²) in [4.78, 5) is 16.4. The molecule has 2 N–H and O–H groups in total. The molecular weight excluding hydrogens is 429 g/mol. The highest BCUT2D eigenvalue weighted by molar-refractivity contribution is 6.31. The average molecular weight is 445 g/mol. The number of carbonyl (C=O) groups is 1. The van der Waals surface area contributed by atoms with Crippen LogP contribution in [0.4, 0.5) is 29.3 Å². The van der Waals surface area contributed by atoms with Crippen LogP contribution in [0.3, 0.4) is 0 Å². The Morgan fingerprint density at radius 2 is 1.81 bits per heavy atom. The van der Waals surface area contributed by atoms with Gasteiger partial charge in [-0.2, -0.15) is 13.2 Å². The molecule has 0 bridgehead atoms. The third-order valence-corrected chi connectivity index (χ3v) is 5.02. The van der Waals surface area contributed by atoms with Crippen molar-refractivity contribution >= 4 is 39.9 Å². The number of halogens is 4. The summed E-state index contributed by atoms with van der Waals surface area (Å²) in [5.41, 5.74) is 1.49. The molecule has 0 fully saturated rings. The van der Waals surface area contributed by atoms with E-state index in [4.69, 9.17) is 11.6 Å². The molecule has 0 aliphatic heterocycles. The van der Waals surface area contributed by atoms with Crippen molar-refractivity contribution in [1.82, 2.24) is 9.55 Å². The molecule has 5 nitrogen and oxygen atoms in total. The number of hydrogen-bond donors (Lipinski definition) is 2. The van der Waals surface area contributed by atoms with Crippen molar-refractivity contribution in [3.05, 3.63) is 89.3 Å². The molecule has 2 amide bonds. The van der Waals surface area contributed by atoms with Crippen molar-refractivity contribution in [1.29, 1.82) is 0 Å². The van der Waals surface area contributed by atoms with Crippen LogP contribution in [-0.2, 0) is 12.7 Å². The maximum absolute atomic E-state index is 13.0. The molecule has 0 unspecified atom stereocenters. The lowest BCUT2D eigenvalue weighted by Gasteiger charge is -2.13. The van der Waals surface area contributed by atoms with Gasteiger partial charge in [-0.15, -0.1) is 0 Å². The Hall–Kier alpha value is -3.52. The van der Waals surface area contributed by atoms with Crippen molar-refractivity contribution in [3.8, 4) is 0 Å². The molecule has 4 rings (SSSR count). The van der Waals surface area contributed by atoms with E-state index in [1.807, 2.05) is 35.0 Å². The molecule has 158 valence electrons. The molecule has 2 aromatic carbocycles. The van der Waals surface area contributed by atoms with Gasteiger partial charge in [0.1, 0.15) is 0 Å². The van der Waals surface area contributed by atoms with E-state index in [-0.39, 0.29) is 5.69 Å². The van der Waals surface area contributed by atoms with E-state index >= 15 is 0 Å². The molecule has 9 heteroatoms. The number of benzene rings is 2. The van der Waals surface area contributed by atoms with Crippen LogP contribution in [0, 0.1) is 0 Å². The Labute approximate surface area is 180 Å². The van der Waals surface area contributed by atoms with Gasteiger partial charge in [-0.25, -0.2) is 4.79 Å². The number of nitrogens with one attached hydrogen (secondary N) is 2. The fourth-order valence-electron chi connectivity index (χ4n) is 3.26. The molecule has 2 heterocycles. The third kappa shape index (κ3) is 4.64. The van der Waals surface area contributed by atoms with E-state index in [1.165, 1.54) is 6.07 Å². The van der Waals surface area contributed by atoms with Crippen molar-refractivity contribution in [3.63, 3.8) is 0 Å². The summed E-state index contributed by atoms with van der Waals surface area (Å²) in [7, 11) is 0. The summed E-state index contributed by atoms with van der Waals surface area (Å²) in [6, 6.07) is 13.7. The number of fused-ring (bicyclic) bond motifs is 1. The zero-order valence-corrected chi connectivity index (χ0v) is 16.7. The largest absolute Gasteiger partial charge is 0.417 e. The SMILES string of the molecule is O=C(Nc1ccc(Cl)c(C(F)(F)F)c1)Nc1cccc2c1ccn2Cc1ccncc1. The van der Waals surface area contributed by atoms with Gasteiger partial charge >= 0.3 is 12.2 Å². The Morgan fingerprint density at radius 1 is 1.03 bits per heavy atom. The highest BCUT2D eigenvalue weighted by Gasteiger charge is 2.33. The quantitative estimate of drug-likeness (QED) is 0.382. The topological polar surface area (TPSA) is 59.0 Å². The predicted molar refractivity (Wildman–Crippen MR) is 114 cm³/mol. The molecule has 2 aromatic heterocycles. The molecule has 0 spiro atoms. The number of hydrogen-bond acceptors (Lipinski definition) is 2. The van der Waals surface area contributed by atoms with E-state index < -0.39 is 22.8 Å². The normalized spacial score (nSPS) is 11.5. The van der Waals surface area contributed by atoms with Gasteiger partial charge in [0, 0.05) is 36.2 Å². The third-order valence-electron chi connectivity index (χ3n) is 4.69. The van der Waals surface area contributed by atoms with Crippen LogP contribution in [0.5, 0.6) is 0 Å². The second-order valence-electron chi connectivity index (χ2n) is 6.81. The monoisotopic (exact) mass is 444 g/mol. The number of rotatable bonds is 4. The van der Waals surface area contributed by atoms with E-state index in [0.717, 1.165) is 28.6 Å². The van der Waals surface area contributed by atoms with Crippen molar-refractivity contribution in [2.24, 2.45) is 0 Å². The number of carbonyl (C=O) groups excluding carboxylic acids is 1. The fourth-order valence-corrected chi connectivity index (χ4v) is 3.48. The second-order valence-corrected chi connectivity index (χ2v) is 7.22. The lowest BCUT2D eigenvalue weighted by Crippen LogP contribution is -2.20. The first-order valence-electron chi connectivity index (χ1n) is 9.23. The standard InChI is InChI=1S/C22H16ClF3N4O/c23-18-5-4-15(12-17(18)22(24,25)26)28-21(31)29-19-2-1-3-20-16(19)8-11-30(20)13-14-6-9-27-10-7-14/h1-12H,13H2,(H2,28,29,31). The summed E-state index contributed by atoms with van der Waals surface area (Å²) in [5, 5.41) is 5.49. The summed E-state index contributed by atoms with van der Waals surface area (Å²) < 4.78 is 41.1. The summed E-state index contributed by atoms with van der Waals surface area (Å²) in [5.74, 6) is 0. The van der Waals surface area contributed by atoms with E-state index in [1.54, 1.807) is 24.5 Å². The Bertz CT molecular complexity index is 1240. The maximum atomic E-state index is 13.0.